The van der Waals surface area contributed by atoms with Gasteiger partial charge in [0.15, 0.2) is 0 Å². The predicted molar refractivity (Wildman–Crippen MR) is 68.9 cm³/mol. The smallest absolute Gasteiger partial charge is 0.126 e. The normalized spacial score (nSPS) is 27.2. The lowest BCUT2D eigenvalue weighted by Gasteiger charge is -2.30. The fraction of sp³-hybridized carbons (Fsp3) is 0.600. The standard InChI is InChI=1S/C15H23F/c1-5-12-7-9-13(10-8-12)15(11(3)4)14(16)6-2/h6,12-13H,2-3,5,7-10H2,1,4H3/b15-14-. The van der Waals surface area contributed by atoms with Crippen molar-refractivity contribution in [3.63, 3.8) is 0 Å². The van der Waals surface area contributed by atoms with Crippen LogP contribution in [-0.4, -0.2) is 0 Å². The summed E-state index contributed by atoms with van der Waals surface area (Å²) in [4.78, 5) is 0. The largest absolute Gasteiger partial charge is 0.207 e. The van der Waals surface area contributed by atoms with Crippen LogP contribution in [0.15, 0.2) is 36.2 Å². The Bertz CT molecular complexity index is 291. The van der Waals surface area contributed by atoms with Gasteiger partial charge in [0.2, 0.25) is 0 Å². The first-order valence-electron chi connectivity index (χ1n) is 6.28. The second kappa shape index (κ2) is 6.03. The molecular weight excluding hydrogens is 199 g/mol. The van der Waals surface area contributed by atoms with E-state index >= 15 is 0 Å². The van der Waals surface area contributed by atoms with E-state index in [0.717, 1.165) is 29.9 Å². The topological polar surface area (TPSA) is 0 Å². The van der Waals surface area contributed by atoms with Crippen LogP contribution in [0.2, 0.25) is 0 Å². The highest BCUT2D eigenvalue weighted by Gasteiger charge is 2.24. The van der Waals surface area contributed by atoms with Crippen LogP contribution in [-0.2, 0) is 0 Å². The van der Waals surface area contributed by atoms with Gasteiger partial charge in [-0.15, -0.1) is 0 Å². The molecule has 0 atom stereocenters. The maximum Gasteiger partial charge on any atom is 0.126 e. The predicted octanol–water partition coefficient (Wildman–Crippen LogP) is 5.19. The summed E-state index contributed by atoms with van der Waals surface area (Å²) in [6, 6.07) is 0. The monoisotopic (exact) mass is 222 g/mol. The van der Waals surface area contributed by atoms with E-state index in [-0.39, 0.29) is 5.83 Å². The molecule has 16 heavy (non-hydrogen) atoms. The Balaban J connectivity index is 2.76. The number of hydrogen-bond donors (Lipinski definition) is 0. The summed E-state index contributed by atoms with van der Waals surface area (Å²) in [6.45, 7) is 11.5. The number of allylic oxidation sites excluding steroid dienone is 4. The molecule has 0 spiro atoms. The van der Waals surface area contributed by atoms with Crippen LogP contribution in [0.1, 0.15) is 46.0 Å². The molecule has 1 heteroatoms. The van der Waals surface area contributed by atoms with Crippen molar-refractivity contribution in [2.45, 2.75) is 46.0 Å². The molecule has 0 N–H and O–H groups in total. The van der Waals surface area contributed by atoms with Gasteiger partial charge in [-0.05, 0) is 56.1 Å². The van der Waals surface area contributed by atoms with Gasteiger partial charge in [0.05, 0.1) is 0 Å². The molecule has 0 radical (unpaired) electrons. The minimum absolute atomic E-state index is 0.174. The molecule has 0 bridgehead atoms. The summed E-state index contributed by atoms with van der Waals surface area (Å²) in [6.07, 6.45) is 7.22. The van der Waals surface area contributed by atoms with Crippen LogP contribution < -0.4 is 0 Å². The first-order valence-corrected chi connectivity index (χ1v) is 6.28. The van der Waals surface area contributed by atoms with Gasteiger partial charge in [-0.2, -0.15) is 0 Å². The van der Waals surface area contributed by atoms with Gasteiger partial charge < -0.3 is 0 Å². The lowest BCUT2D eigenvalue weighted by atomic mass is 9.76. The van der Waals surface area contributed by atoms with E-state index in [9.17, 15) is 4.39 Å². The molecule has 0 unspecified atom stereocenters. The Labute approximate surface area is 98.9 Å². The lowest BCUT2D eigenvalue weighted by Crippen LogP contribution is -2.16. The van der Waals surface area contributed by atoms with Crippen molar-refractivity contribution in [1.29, 1.82) is 0 Å². The molecule has 0 aliphatic heterocycles. The maximum atomic E-state index is 13.7. The Morgan fingerprint density at radius 2 is 1.88 bits per heavy atom. The van der Waals surface area contributed by atoms with Crippen LogP contribution in [0.25, 0.3) is 0 Å². The summed E-state index contributed by atoms with van der Waals surface area (Å²) in [5.74, 6) is 1.03. The molecule has 0 heterocycles. The van der Waals surface area contributed by atoms with Crippen molar-refractivity contribution in [3.8, 4) is 0 Å². The van der Waals surface area contributed by atoms with Crippen molar-refractivity contribution in [3.05, 3.63) is 36.2 Å². The van der Waals surface area contributed by atoms with Gasteiger partial charge in [0, 0.05) is 0 Å². The summed E-state index contributed by atoms with van der Waals surface area (Å²) >= 11 is 0. The highest BCUT2D eigenvalue weighted by molar-refractivity contribution is 5.35. The first kappa shape index (κ1) is 13.2. The van der Waals surface area contributed by atoms with E-state index in [1.165, 1.54) is 25.3 Å². The third kappa shape index (κ3) is 3.07. The van der Waals surface area contributed by atoms with Gasteiger partial charge in [0.25, 0.3) is 0 Å². The Kier molecular flexibility index (Phi) is 4.98. The molecule has 0 aromatic carbocycles. The molecule has 1 fully saturated rings. The van der Waals surface area contributed by atoms with Gasteiger partial charge in [-0.1, -0.05) is 32.1 Å². The summed E-state index contributed by atoms with van der Waals surface area (Å²) in [5, 5.41) is 0. The number of hydrogen-bond acceptors (Lipinski definition) is 0. The van der Waals surface area contributed by atoms with Crippen LogP contribution in [0.4, 0.5) is 4.39 Å². The average Bonchev–Trinajstić information content (AvgIpc) is 2.29. The molecule has 0 saturated heterocycles. The number of halogens is 1. The van der Waals surface area contributed by atoms with Gasteiger partial charge in [0.1, 0.15) is 5.83 Å². The zero-order valence-corrected chi connectivity index (χ0v) is 10.6. The fourth-order valence-electron chi connectivity index (χ4n) is 2.72. The molecule has 1 aliphatic carbocycles. The van der Waals surface area contributed by atoms with Crippen molar-refractivity contribution in [1.82, 2.24) is 0 Å². The second-order valence-electron chi connectivity index (χ2n) is 4.87. The highest BCUT2D eigenvalue weighted by Crippen LogP contribution is 2.38. The van der Waals surface area contributed by atoms with E-state index in [0.29, 0.717) is 5.92 Å². The summed E-state index contributed by atoms with van der Waals surface area (Å²) in [5.41, 5.74) is 1.67. The van der Waals surface area contributed by atoms with Crippen LogP contribution in [0.3, 0.4) is 0 Å². The Hall–Kier alpha value is -0.850. The van der Waals surface area contributed by atoms with Crippen molar-refractivity contribution in [2.75, 3.05) is 0 Å². The second-order valence-corrected chi connectivity index (χ2v) is 4.87. The Morgan fingerprint density at radius 1 is 1.31 bits per heavy atom. The molecule has 0 amide bonds. The zero-order valence-electron chi connectivity index (χ0n) is 10.6. The molecule has 0 nitrogen and oxygen atoms in total. The maximum absolute atomic E-state index is 13.7. The molecule has 1 saturated carbocycles. The molecule has 0 aromatic rings. The molecule has 0 aromatic heterocycles. The average molecular weight is 222 g/mol. The molecule has 90 valence electrons. The highest BCUT2D eigenvalue weighted by atomic mass is 19.1. The van der Waals surface area contributed by atoms with E-state index in [2.05, 4.69) is 20.1 Å². The molecular formula is C15H23F. The van der Waals surface area contributed by atoms with Crippen molar-refractivity contribution < 1.29 is 4.39 Å². The third-order valence-electron chi connectivity index (χ3n) is 3.73. The van der Waals surface area contributed by atoms with Crippen LogP contribution >= 0.6 is 0 Å². The summed E-state index contributed by atoms with van der Waals surface area (Å²) in [7, 11) is 0. The van der Waals surface area contributed by atoms with Gasteiger partial charge >= 0.3 is 0 Å². The van der Waals surface area contributed by atoms with E-state index in [1.54, 1.807) is 0 Å². The molecule has 1 rings (SSSR count). The molecule has 1 aliphatic rings. The first-order chi connectivity index (χ1) is 7.60. The van der Waals surface area contributed by atoms with Crippen LogP contribution in [0.5, 0.6) is 0 Å². The van der Waals surface area contributed by atoms with E-state index in [4.69, 9.17) is 0 Å². The summed E-state index contributed by atoms with van der Waals surface area (Å²) < 4.78 is 13.7. The minimum atomic E-state index is -0.174. The van der Waals surface area contributed by atoms with Gasteiger partial charge in [-0.25, -0.2) is 4.39 Å². The lowest BCUT2D eigenvalue weighted by molar-refractivity contribution is 0.294. The van der Waals surface area contributed by atoms with E-state index < -0.39 is 0 Å². The van der Waals surface area contributed by atoms with Crippen LogP contribution in [0, 0.1) is 11.8 Å². The van der Waals surface area contributed by atoms with E-state index in [1.807, 2.05) is 6.92 Å². The SMILES string of the molecule is C=C/C(F)=C(\C(=C)C)C1CCC(CC)CC1. The fourth-order valence-corrected chi connectivity index (χ4v) is 2.72. The quantitative estimate of drug-likeness (QED) is 0.574. The number of rotatable bonds is 4. The van der Waals surface area contributed by atoms with Crippen molar-refractivity contribution >= 4 is 0 Å². The minimum Gasteiger partial charge on any atom is -0.207 e. The van der Waals surface area contributed by atoms with Gasteiger partial charge in [-0.3, -0.25) is 0 Å². The van der Waals surface area contributed by atoms with Crippen molar-refractivity contribution in [2.24, 2.45) is 11.8 Å². The third-order valence-corrected chi connectivity index (χ3v) is 3.73. The Morgan fingerprint density at radius 3 is 2.25 bits per heavy atom. The zero-order chi connectivity index (χ0) is 12.1.